The van der Waals surface area contributed by atoms with Crippen LogP contribution in [0.1, 0.15) is 0 Å². The summed E-state index contributed by atoms with van der Waals surface area (Å²) in [6, 6.07) is 12.1. The maximum Gasteiger partial charge on any atom is -0.870 e. The average molecular weight is 204 g/mol. The molecular formula is C10H9BO2S. The summed E-state index contributed by atoms with van der Waals surface area (Å²) < 4.78 is 0. The zero-order chi connectivity index (χ0) is 8.39. The number of rotatable bonds is 1. The summed E-state index contributed by atoms with van der Waals surface area (Å²) in [6.45, 7) is 0. The van der Waals surface area contributed by atoms with Gasteiger partial charge in [-0.3, -0.25) is 0 Å². The molecule has 4 heteroatoms. The topological polar surface area (TPSA) is 60.0 Å². The molecule has 2 rings (SSSR count). The molecule has 2 N–H and O–H groups in total. The van der Waals surface area contributed by atoms with Crippen molar-refractivity contribution in [2.75, 3.05) is 0 Å². The van der Waals surface area contributed by atoms with Gasteiger partial charge in [-0.05, 0) is 0 Å². The number of hydrogen-bond acceptors (Lipinski definition) is 3. The molecule has 2 aromatic rings. The van der Waals surface area contributed by atoms with Crippen LogP contribution in [0.5, 0.6) is 0 Å². The Hall–Kier alpha value is -1.10. The van der Waals surface area contributed by atoms with Crippen molar-refractivity contribution >= 4 is 24.6 Å². The van der Waals surface area contributed by atoms with Gasteiger partial charge in [-0.2, -0.15) is 0 Å². The zero-order valence-corrected chi connectivity index (χ0v) is 8.24. The Morgan fingerprint density at radius 3 is 2.36 bits per heavy atom. The molecule has 0 atom stereocenters. The quantitative estimate of drug-likeness (QED) is 0.665. The summed E-state index contributed by atoms with van der Waals surface area (Å²) in [5.41, 5.74) is 2.02. The molecule has 0 saturated heterocycles. The minimum atomic E-state index is 0. The van der Waals surface area contributed by atoms with E-state index in [0.717, 1.165) is 5.46 Å². The second-order valence-corrected chi connectivity index (χ2v) is 3.55. The van der Waals surface area contributed by atoms with Crippen molar-refractivity contribution in [2.45, 2.75) is 0 Å². The Labute approximate surface area is 88.2 Å². The summed E-state index contributed by atoms with van der Waals surface area (Å²) in [5, 5.41) is 2.07. The molecule has 0 fully saturated rings. The summed E-state index contributed by atoms with van der Waals surface area (Å²) in [5.74, 6) is 0. The first-order valence-corrected chi connectivity index (χ1v) is 4.63. The van der Waals surface area contributed by atoms with Gasteiger partial charge < -0.3 is 11.0 Å². The predicted molar refractivity (Wildman–Crippen MR) is 59.0 cm³/mol. The van der Waals surface area contributed by atoms with Crippen molar-refractivity contribution < 1.29 is 11.0 Å². The largest absolute Gasteiger partial charge is 0.870 e. The monoisotopic (exact) mass is 204 g/mol. The van der Waals surface area contributed by atoms with E-state index in [1.807, 2.05) is 24.3 Å². The van der Waals surface area contributed by atoms with E-state index in [0.29, 0.717) is 0 Å². The molecule has 0 saturated carbocycles. The fourth-order valence-electron chi connectivity index (χ4n) is 1.13. The minimum absolute atomic E-state index is 0. The summed E-state index contributed by atoms with van der Waals surface area (Å²) in [4.78, 5) is 1.27. The second-order valence-electron chi connectivity index (χ2n) is 2.60. The molecule has 0 amide bonds. The van der Waals surface area contributed by atoms with E-state index in [2.05, 4.69) is 17.5 Å². The molecular weight excluding hydrogens is 195 g/mol. The van der Waals surface area contributed by atoms with Crippen LogP contribution in [0.2, 0.25) is 0 Å². The van der Waals surface area contributed by atoms with Crippen LogP contribution in [0.3, 0.4) is 0 Å². The van der Waals surface area contributed by atoms with Crippen molar-refractivity contribution in [1.29, 1.82) is 0 Å². The maximum absolute atomic E-state index is 5.67. The van der Waals surface area contributed by atoms with E-state index in [4.69, 9.17) is 7.85 Å². The summed E-state index contributed by atoms with van der Waals surface area (Å²) >= 11 is 1.73. The molecule has 14 heavy (non-hydrogen) atoms. The predicted octanol–water partition coefficient (Wildman–Crippen LogP) is 1.86. The van der Waals surface area contributed by atoms with E-state index < -0.39 is 0 Å². The number of thiophene rings is 1. The molecule has 0 aliphatic carbocycles. The Bertz CT molecular complexity index is 373. The first-order chi connectivity index (χ1) is 5.86. The number of hydrogen-bond donors (Lipinski definition) is 0. The van der Waals surface area contributed by atoms with Crippen molar-refractivity contribution in [3.8, 4) is 10.4 Å². The molecule has 0 aliphatic rings. The molecule has 1 aromatic heterocycles. The summed E-state index contributed by atoms with van der Waals surface area (Å²) in [7, 11) is 5.67. The van der Waals surface area contributed by atoms with Gasteiger partial charge in [0.1, 0.15) is 0 Å². The summed E-state index contributed by atoms with van der Waals surface area (Å²) in [6.07, 6.45) is 0. The van der Waals surface area contributed by atoms with E-state index in [-0.39, 0.29) is 11.0 Å². The third kappa shape index (κ3) is 2.70. The van der Waals surface area contributed by atoms with Crippen LogP contribution in [-0.4, -0.2) is 18.8 Å². The Morgan fingerprint density at radius 1 is 1.00 bits per heavy atom. The van der Waals surface area contributed by atoms with Crippen LogP contribution < -0.4 is 5.46 Å². The van der Waals surface area contributed by atoms with Gasteiger partial charge in [0, 0.05) is 0 Å². The van der Waals surface area contributed by atoms with Crippen LogP contribution in [0.15, 0.2) is 41.8 Å². The van der Waals surface area contributed by atoms with E-state index in [1.165, 1.54) is 10.4 Å². The minimum Gasteiger partial charge on any atom is -0.870 e. The maximum atomic E-state index is 5.67. The van der Waals surface area contributed by atoms with Crippen LogP contribution >= 0.6 is 11.3 Å². The molecule has 1 heterocycles. The zero-order valence-electron chi connectivity index (χ0n) is 7.42. The Kier molecular flexibility index (Phi) is 5.16. The van der Waals surface area contributed by atoms with Gasteiger partial charge in [0.15, 0.2) is 0 Å². The molecule has 0 spiro atoms. The van der Waals surface area contributed by atoms with Gasteiger partial charge >= 0.3 is 76.9 Å². The van der Waals surface area contributed by atoms with Crippen molar-refractivity contribution in [3.05, 3.63) is 41.8 Å². The van der Waals surface area contributed by atoms with Gasteiger partial charge in [0.2, 0.25) is 0 Å². The fourth-order valence-corrected chi connectivity index (χ4v) is 1.86. The first-order valence-electron chi connectivity index (χ1n) is 3.76. The average Bonchev–Trinajstić information content (AvgIpc) is 2.56. The normalized spacial score (nSPS) is 8.71. The first kappa shape index (κ1) is 12.9. The van der Waals surface area contributed by atoms with E-state index in [1.54, 1.807) is 11.3 Å². The third-order valence-corrected chi connectivity index (χ3v) is 2.61. The van der Waals surface area contributed by atoms with Gasteiger partial charge in [-0.1, -0.05) is 0 Å². The molecule has 0 radical (unpaired) electrons. The SMILES string of the molecule is [B+2]c1cccc(-c2cccs2)c1.[OH-].[OH-]. The van der Waals surface area contributed by atoms with Crippen LogP contribution in [0.4, 0.5) is 0 Å². The third-order valence-electron chi connectivity index (χ3n) is 1.69. The smallest absolute Gasteiger partial charge is 0.870 e. The van der Waals surface area contributed by atoms with Gasteiger partial charge in [0.25, 0.3) is 0 Å². The Balaban J connectivity index is 0.000000845. The molecule has 0 aliphatic heterocycles. The second kappa shape index (κ2) is 5.60. The van der Waals surface area contributed by atoms with Gasteiger partial charge in [0.05, 0.1) is 0 Å². The van der Waals surface area contributed by atoms with Crippen molar-refractivity contribution in [2.24, 2.45) is 0 Å². The van der Waals surface area contributed by atoms with E-state index in [9.17, 15) is 0 Å². The molecule has 70 valence electrons. The fraction of sp³-hybridized carbons (Fsp3) is 0. The Morgan fingerprint density at radius 2 is 1.79 bits per heavy atom. The molecule has 1 aromatic carbocycles. The van der Waals surface area contributed by atoms with Gasteiger partial charge in [-0.25, -0.2) is 0 Å². The van der Waals surface area contributed by atoms with Crippen LogP contribution in [0.25, 0.3) is 10.4 Å². The van der Waals surface area contributed by atoms with Crippen LogP contribution in [0, 0.1) is 0 Å². The van der Waals surface area contributed by atoms with Crippen molar-refractivity contribution in [3.63, 3.8) is 0 Å². The molecule has 0 unspecified atom stereocenters. The van der Waals surface area contributed by atoms with Crippen LogP contribution in [-0.2, 0) is 0 Å². The standard InChI is InChI=1S/C10H7BS.2H2O/c11-9-4-1-3-8(7-9)10-5-2-6-12-10;;/h1-7H;2*1H2/q+2;;/p-2. The molecule has 2 nitrogen and oxygen atoms in total. The number of benzene rings is 1. The molecule has 0 bridgehead atoms. The van der Waals surface area contributed by atoms with E-state index >= 15 is 0 Å². The van der Waals surface area contributed by atoms with Crippen molar-refractivity contribution in [1.82, 2.24) is 0 Å². The van der Waals surface area contributed by atoms with Gasteiger partial charge in [-0.15, -0.1) is 0 Å².